The summed E-state index contributed by atoms with van der Waals surface area (Å²) < 4.78 is 5.87. The highest BCUT2D eigenvalue weighted by Crippen LogP contribution is 2.26. The lowest BCUT2D eigenvalue weighted by Crippen LogP contribution is -2.34. The van der Waals surface area contributed by atoms with E-state index in [9.17, 15) is 4.79 Å². The largest absolute Gasteiger partial charge is 0.457 e. The van der Waals surface area contributed by atoms with Gasteiger partial charge in [0.2, 0.25) is 0 Å². The van der Waals surface area contributed by atoms with Crippen molar-refractivity contribution in [3.8, 4) is 11.5 Å². The van der Waals surface area contributed by atoms with E-state index >= 15 is 0 Å². The van der Waals surface area contributed by atoms with Gasteiger partial charge in [0.1, 0.15) is 11.5 Å². The molecule has 2 N–H and O–H groups in total. The summed E-state index contributed by atoms with van der Waals surface area (Å²) in [5.41, 5.74) is 6.63. The van der Waals surface area contributed by atoms with Gasteiger partial charge in [-0.2, -0.15) is 0 Å². The molecule has 0 heterocycles. The quantitative estimate of drug-likeness (QED) is 0.839. The lowest BCUT2D eigenvalue weighted by molar-refractivity contribution is 0.0786. The van der Waals surface area contributed by atoms with Crippen molar-refractivity contribution in [2.45, 2.75) is 26.3 Å². The van der Waals surface area contributed by atoms with Gasteiger partial charge >= 0.3 is 0 Å². The molecule has 2 rings (SSSR count). The van der Waals surface area contributed by atoms with Crippen LogP contribution in [0, 0.1) is 5.92 Å². The van der Waals surface area contributed by atoms with Crippen LogP contribution in [0.25, 0.3) is 0 Å². The Hall–Kier alpha value is -2.33. The van der Waals surface area contributed by atoms with E-state index in [1.165, 1.54) is 0 Å². The van der Waals surface area contributed by atoms with Crippen LogP contribution in [-0.2, 0) is 0 Å². The van der Waals surface area contributed by atoms with Crippen molar-refractivity contribution in [3.63, 3.8) is 0 Å². The SMILES string of the molecule is CC(C)C(N)CCN(C)C(=O)c1ccccc1Oc1ccccc1. The molecule has 4 heteroatoms. The molecule has 1 amide bonds. The third-order valence-electron chi connectivity index (χ3n) is 4.09. The third-order valence-corrected chi connectivity index (χ3v) is 4.09. The predicted octanol–water partition coefficient (Wildman–Crippen LogP) is 3.92. The molecule has 128 valence electrons. The van der Waals surface area contributed by atoms with Gasteiger partial charge in [0.05, 0.1) is 5.56 Å². The first kappa shape index (κ1) is 18.0. The van der Waals surface area contributed by atoms with Crippen LogP contribution in [-0.4, -0.2) is 30.4 Å². The van der Waals surface area contributed by atoms with E-state index < -0.39 is 0 Å². The van der Waals surface area contributed by atoms with E-state index in [-0.39, 0.29) is 11.9 Å². The number of rotatable bonds is 7. The molecule has 0 radical (unpaired) electrons. The second-order valence-corrected chi connectivity index (χ2v) is 6.33. The maximum absolute atomic E-state index is 12.7. The van der Waals surface area contributed by atoms with Gasteiger partial charge in [0, 0.05) is 19.6 Å². The lowest BCUT2D eigenvalue weighted by atomic mass is 10.0. The van der Waals surface area contributed by atoms with Crippen LogP contribution in [0.4, 0.5) is 0 Å². The average Bonchev–Trinajstić information content (AvgIpc) is 2.60. The average molecular weight is 326 g/mol. The number of amides is 1. The highest BCUT2D eigenvalue weighted by atomic mass is 16.5. The Labute approximate surface area is 144 Å². The van der Waals surface area contributed by atoms with Crippen molar-refractivity contribution in [1.82, 2.24) is 4.90 Å². The van der Waals surface area contributed by atoms with E-state index in [4.69, 9.17) is 10.5 Å². The predicted molar refractivity (Wildman–Crippen MR) is 97.3 cm³/mol. The molecule has 2 aromatic carbocycles. The summed E-state index contributed by atoms with van der Waals surface area (Å²) in [6, 6.07) is 16.9. The maximum atomic E-state index is 12.7. The minimum absolute atomic E-state index is 0.0579. The number of hydrogen-bond donors (Lipinski definition) is 1. The van der Waals surface area contributed by atoms with Gasteiger partial charge in [0.15, 0.2) is 0 Å². The second-order valence-electron chi connectivity index (χ2n) is 6.33. The van der Waals surface area contributed by atoms with Crippen LogP contribution in [0.3, 0.4) is 0 Å². The maximum Gasteiger partial charge on any atom is 0.257 e. The lowest BCUT2D eigenvalue weighted by Gasteiger charge is -2.22. The number of carbonyl (C=O) groups is 1. The summed E-state index contributed by atoms with van der Waals surface area (Å²) in [7, 11) is 1.80. The third kappa shape index (κ3) is 4.83. The number of carbonyl (C=O) groups excluding carboxylic acids is 1. The fourth-order valence-corrected chi connectivity index (χ4v) is 2.33. The molecular weight excluding hydrogens is 300 g/mol. The van der Waals surface area contributed by atoms with Gasteiger partial charge in [-0.3, -0.25) is 4.79 Å². The summed E-state index contributed by atoms with van der Waals surface area (Å²) in [6.45, 7) is 4.81. The van der Waals surface area contributed by atoms with Gasteiger partial charge < -0.3 is 15.4 Å². The van der Waals surface area contributed by atoms with E-state index in [1.54, 1.807) is 18.0 Å². The Morgan fingerprint density at radius 2 is 1.71 bits per heavy atom. The molecule has 0 fully saturated rings. The number of ether oxygens (including phenoxy) is 1. The van der Waals surface area contributed by atoms with Crippen LogP contribution in [0.15, 0.2) is 54.6 Å². The van der Waals surface area contributed by atoms with Crippen molar-refractivity contribution in [2.75, 3.05) is 13.6 Å². The molecule has 0 aromatic heterocycles. The molecule has 0 saturated carbocycles. The van der Waals surface area contributed by atoms with Crippen molar-refractivity contribution in [1.29, 1.82) is 0 Å². The summed E-state index contributed by atoms with van der Waals surface area (Å²) in [4.78, 5) is 14.4. The number of para-hydroxylation sites is 2. The Balaban J connectivity index is 2.09. The molecule has 0 spiro atoms. The first-order chi connectivity index (χ1) is 11.5. The van der Waals surface area contributed by atoms with E-state index in [1.807, 2.05) is 48.5 Å². The number of hydrogen-bond acceptors (Lipinski definition) is 3. The molecule has 2 aromatic rings. The van der Waals surface area contributed by atoms with Crippen LogP contribution < -0.4 is 10.5 Å². The monoisotopic (exact) mass is 326 g/mol. The zero-order valence-corrected chi connectivity index (χ0v) is 14.6. The Kier molecular flexibility index (Phi) is 6.38. The van der Waals surface area contributed by atoms with Crippen LogP contribution in [0.1, 0.15) is 30.6 Å². The molecule has 0 aliphatic heterocycles. The Morgan fingerprint density at radius 1 is 1.08 bits per heavy atom. The van der Waals surface area contributed by atoms with E-state index in [2.05, 4.69) is 13.8 Å². The molecule has 1 atom stereocenters. The van der Waals surface area contributed by atoms with Crippen molar-refractivity contribution >= 4 is 5.91 Å². The first-order valence-electron chi connectivity index (χ1n) is 8.32. The van der Waals surface area contributed by atoms with Crippen molar-refractivity contribution in [2.24, 2.45) is 11.7 Å². The molecule has 0 saturated heterocycles. The smallest absolute Gasteiger partial charge is 0.257 e. The fourth-order valence-electron chi connectivity index (χ4n) is 2.33. The van der Waals surface area contributed by atoms with Gasteiger partial charge in [-0.05, 0) is 36.6 Å². The fraction of sp³-hybridized carbons (Fsp3) is 0.350. The van der Waals surface area contributed by atoms with Gasteiger partial charge in [-0.25, -0.2) is 0 Å². The van der Waals surface area contributed by atoms with Gasteiger partial charge in [0.25, 0.3) is 5.91 Å². The summed E-state index contributed by atoms with van der Waals surface area (Å²) in [5, 5.41) is 0. The molecule has 0 bridgehead atoms. The first-order valence-corrected chi connectivity index (χ1v) is 8.32. The number of nitrogens with zero attached hydrogens (tertiary/aromatic N) is 1. The van der Waals surface area contributed by atoms with Crippen molar-refractivity contribution < 1.29 is 9.53 Å². The summed E-state index contributed by atoms with van der Waals surface area (Å²) in [6.07, 6.45) is 0.779. The second kappa shape index (κ2) is 8.50. The van der Waals surface area contributed by atoms with Gasteiger partial charge in [-0.15, -0.1) is 0 Å². The highest BCUT2D eigenvalue weighted by Gasteiger charge is 2.18. The summed E-state index contributed by atoms with van der Waals surface area (Å²) >= 11 is 0. The van der Waals surface area contributed by atoms with E-state index in [0.29, 0.717) is 29.5 Å². The molecule has 4 nitrogen and oxygen atoms in total. The van der Waals surface area contributed by atoms with Crippen LogP contribution in [0.2, 0.25) is 0 Å². The standard InChI is InChI=1S/C20H26N2O2/c1-15(2)18(21)13-14-22(3)20(23)17-11-7-8-12-19(17)24-16-9-5-4-6-10-16/h4-12,15,18H,13-14,21H2,1-3H3. The minimum Gasteiger partial charge on any atom is -0.457 e. The Bertz CT molecular complexity index is 656. The van der Waals surface area contributed by atoms with Crippen LogP contribution >= 0.6 is 0 Å². The number of benzene rings is 2. The number of nitrogens with two attached hydrogens (primary N) is 1. The zero-order chi connectivity index (χ0) is 17.5. The molecular formula is C20H26N2O2. The highest BCUT2D eigenvalue weighted by molar-refractivity contribution is 5.96. The van der Waals surface area contributed by atoms with Crippen LogP contribution in [0.5, 0.6) is 11.5 Å². The normalized spacial score (nSPS) is 12.0. The zero-order valence-electron chi connectivity index (χ0n) is 14.6. The minimum atomic E-state index is -0.0579. The van der Waals surface area contributed by atoms with E-state index in [0.717, 1.165) is 6.42 Å². The molecule has 0 aliphatic carbocycles. The molecule has 24 heavy (non-hydrogen) atoms. The topological polar surface area (TPSA) is 55.6 Å². The Morgan fingerprint density at radius 3 is 2.38 bits per heavy atom. The molecule has 0 aliphatic rings. The molecule has 1 unspecified atom stereocenters. The summed E-state index contributed by atoms with van der Waals surface area (Å²) in [5.74, 6) is 1.62. The van der Waals surface area contributed by atoms with Crippen molar-refractivity contribution in [3.05, 3.63) is 60.2 Å². The van der Waals surface area contributed by atoms with Gasteiger partial charge in [-0.1, -0.05) is 44.2 Å².